The van der Waals surface area contributed by atoms with Crippen LogP contribution in [0.15, 0.2) is 132 Å². The van der Waals surface area contributed by atoms with Gasteiger partial charge in [-0.1, -0.05) is 124 Å². The van der Waals surface area contributed by atoms with Crippen molar-refractivity contribution in [3.63, 3.8) is 0 Å². The van der Waals surface area contributed by atoms with E-state index in [4.69, 9.17) is 0 Å². The number of para-hydroxylation sites is 1. The van der Waals surface area contributed by atoms with Gasteiger partial charge in [0.25, 0.3) is 6.71 Å². The van der Waals surface area contributed by atoms with E-state index >= 15 is 0 Å². The van der Waals surface area contributed by atoms with Gasteiger partial charge in [-0.05, 0) is 130 Å². The summed E-state index contributed by atoms with van der Waals surface area (Å²) < 4.78 is 2.84. The number of allylic oxidation sites excluding steroid dienone is 3. The van der Waals surface area contributed by atoms with Gasteiger partial charge >= 0.3 is 0 Å². The van der Waals surface area contributed by atoms with Gasteiger partial charge in [0.2, 0.25) is 0 Å². The minimum atomic E-state index is -0.0714. The Labute approximate surface area is 341 Å². The van der Waals surface area contributed by atoms with Crippen LogP contribution in [0.5, 0.6) is 0 Å². The number of fused-ring (bicyclic) bond motifs is 10. The molecule has 6 aliphatic rings. The maximum atomic E-state index is 3.36. The Morgan fingerprint density at radius 1 is 0.667 bits per heavy atom. The smallest absolute Gasteiger partial charge is 0.264 e. The van der Waals surface area contributed by atoms with E-state index < -0.39 is 0 Å². The number of thiophene rings is 1. The molecule has 5 aromatic carbocycles. The van der Waals surface area contributed by atoms with Crippen LogP contribution >= 0.6 is 11.3 Å². The molecule has 2 aliphatic heterocycles. The number of benzene rings is 5. The highest BCUT2D eigenvalue weighted by molar-refractivity contribution is 7.33. The summed E-state index contributed by atoms with van der Waals surface area (Å²) in [6, 6.07) is 38.3. The third-order valence-electron chi connectivity index (χ3n) is 14.5. The van der Waals surface area contributed by atoms with E-state index in [1.54, 1.807) is 0 Å². The first-order valence-corrected chi connectivity index (χ1v) is 22.4. The van der Waals surface area contributed by atoms with Crippen molar-refractivity contribution >= 4 is 72.3 Å². The van der Waals surface area contributed by atoms with E-state index in [1.807, 2.05) is 17.4 Å². The summed E-state index contributed by atoms with van der Waals surface area (Å²) in [7, 11) is 0. The summed E-state index contributed by atoms with van der Waals surface area (Å²) >= 11 is 2.03. The fourth-order valence-corrected chi connectivity index (χ4v) is 13.1. The molecule has 3 heterocycles. The molecule has 0 radical (unpaired) electrons. The van der Waals surface area contributed by atoms with Gasteiger partial charge in [-0.2, -0.15) is 0 Å². The molecule has 1 aromatic heterocycles. The SMILES string of the molecule is CC1(C)c2ccccc2-c2c1ccc1sc3c(c21)N(c1ccccc1)c1cc(C2CCCCC2)cc2c1B3c1ccc(C3CCCCC3)cc1N2C1=CC=C=C=C1. The third-order valence-corrected chi connectivity index (χ3v) is 15.7. The molecule has 2 fully saturated rings. The normalized spacial score (nSPS) is 19.0. The van der Waals surface area contributed by atoms with E-state index in [9.17, 15) is 0 Å². The highest BCUT2D eigenvalue weighted by Crippen LogP contribution is 2.56. The van der Waals surface area contributed by atoms with E-state index in [0.29, 0.717) is 11.8 Å². The van der Waals surface area contributed by atoms with E-state index in [2.05, 4.69) is 144 Å². The minimum Gasteiger partial charge on any atom is -0.311 e. The second-order valence-corrected chi connectivity index (χ2v) is 19.0. The Morgan fingerprint density at radius 3 is 2.12 bits per heavy atom. The maximum Gasteiger partial charge on any atom is 0.264 e. The van der Waals surface area contributed by atoms with E-state index in [1.165, 1.54) is 158 Å². The van der Waals surface area contributed by atoms with Gasteiger partial charge in [-0.3, -0.25) is 0 Å². The summed E-state index contributed by atoms with van der Waals surface area (Å²) in [5.41, 5.74) is 25.9. The molecule has 0 spiro atoms. The van der Waals surface area contributed by atoms with E-state index in [0.717, 1.165) is 0 Å². The summed E-state index contributed by atoms with van der Waals surface area (Å²) in [4.78, 5) is 5.31. The van der Waals surface area contributed by atoms with Gasteiger partial charge in [-0.15, -0.1) is 11.3 Å². The lowest BCUT2D eigenvalue weighted by Crippen LogP contribution is -2.61. The van der Waals surface area contributed by atoms with Crippen LogP contribution in [0.2, 0.25) is 0 Å². The first kappa shape index (κ1) is 33.9. The van der Waals surface area contributed by atoms with Crippen molar-refractivity contribution < 1.29 is 0 Å². The van der Waals surface area contributed by atoms with Gasteiger partial charge < -0.3 is 9.80 Å². The van der Waals surface area contributed by atoms with Crippen molar-refractivity contribution in [2.75, 3.05) is 9.80 Å². The molecule has 2 nitrogen and oxygen atoms in total. The van der Waals surface area contributed by atoms with Crippen LogP contribution in [-0.4, -0.2) is 6.71 Å². The summed E-state index contributed by atoms with van der Waals surface area (Å²) in [6.07, 6.45) is 19.5. The fourth-order valence-electron chi connectivity index (χ4n) is 11.8. The summed E-state index contributed by atoms with van der Waals surface area (Å²) in [5.74, 6) is 1.18. The minimum absolute atomic E-state index is 0.0714. The molecule has 0 N–H and O–H groups in total. The molecular formula is C53H47BN2S. The highest BCUT2D eigenvalue weighted by Gasteiger charge is 2.47. The molecule has 0 unspecified atom stereocenters. The highest BCUT2D eigenvalue weighted by atomic mass is 32.1. The zero-order valence-corrected chi connectivity index (χ0v) is 33.9. The molecule has 4 heteroatoms. The van der Waals surface area contributed by atoms with Crippen molar-refractivity contribution in [2.45, 2.75) is 95.3 Å². The standard InChI is InChI=1S/C53H47BN2S/c1-53(2)41-26-16-15-25-40(41)48-42(53)28-30-47-49(48)51-52(57-47)54-43-29-27-36(34-17-7-3-8-18-34)31-44(43)55(38-21-11-5-12-22-38)45-32-37(35-19-9-4-10-20-35)33-46(50(45)54)56(51)39-23-13-6-14-24-39/h6,11,13-16,21-35H,3-4,7-10,17-20H2,1-2H3. The second-order valence-electron chi connectivity index (χ2n) is 17.9. The quantitative estimate of drug-likeness (QED) is 0.130. The number of rotatable bonds is 4. The summed E-state index contributed by atoms with van der Waals surface area (Å²) in [5, 5.41) is 1.42. The van der Waals surface area contributed by atoms with E-state index in [-0.39, 0.29) is 12.1 Å². The molecule has 4 aliphatic carbocycles. The zero-order valence-electron chi connectivity index (χ0n) is 33.1. The molecule has 57 heavy (non-hydrogen) atoms. The largest absolute Gasteiger partial charge is 0.311 e. The van der Waals surface area contributed by atoms with Crippen molar-refractivity contribution in [2.24, 2.45) is 0 Å². The third kappa shape index (κ3) is 4.98. The molecule has 0 atom stereocenters. The van der Waals surface area contributed by atoms with Crippen LogP contribution < -0.4 is 25.5 Å². The van der Waals surface area contributed by atoms with Crippen molar-refractivity contribution in [1.82, 2.24) is 0 Å². The van der Waals surface area contributed by atoms with Crippen LogP contribution in [-0.2, 0) is 5.41 Å². The Balaban J connectivity index is 1.20. The average Bonchev–Trinajstić information content (AvgIpc) is 3.76. The van der Waals surface area contributed by atoms with Crippen LogP contribution in [0.4, 0.5) is 28.4 Å². The molecule has 0 bridgehead atoms. The Morgan fingerprint density at radius 2 is 1.37 bits per heavy atom. The molecule has 278 valence electrons. The van der Waals surface area contributed by atoms with Crippen LogP contribution in [0.3, 0.4) is 0 Å². The van der Waals surface area contributed by atoms with Crippen molar-refractivity contribution in [1.29, 1.82) is 0 Å². The molecule has 0 saturated heterocycles. The Bertz CT molecular complexity index is 2780. The van der Waals surface area contributed by atoms with Gasteiger partial charge in [0.05, 0.1) is 11.4 Å². The number of anilines is 5. The monoisotopic (exact) mass is 754 g/mol. The lowest BCUT2D eigenvalue weighted by Gasteiger charge is -2.44. The number of hydrogen-bond acceptors (Lipinski definition) is 3. The first-order valence-electron chi connectivity index (χ1n) is 21.6. The van der Waals surface area contributed by atoms with Gasteiger partial charge in [0.1, 0.15) is 0 Å². The lowest BCUT2D eigenvalue weighted by atomic mass is 9.36. The van der Waals surface area contributed by atoms with Crippen LogP contribution in [0.1, 0.15) is 112 Å². The topological polar surface area (TPSA) is 6.48 Å². The Hall–Kier alpha value is -5.24. The predicted octanol–water partition coefficient (Wildman–Crippen LogP) is 12.8. The average molecular weight is 755 g/mol. The molecule has 0 amide bonds. The van der Waals surface area contributed by atoms with Crippen LogP contribution in [0, 0.1) is 0 Å². The maximum absolute atomic E-state index is 3.36. The number of hydrogen-bond donors (Lipinski definition) is 0. The lowest BCUT2D eigenvalue weighted by molar-refractivity contribution is 0.443. The van der Waals surface area contributed by atoms with Crippen molar-refractivity contribution in [3.05, 3.63) is 155 Å². The van der Waals surface area contributed by atoms with Gasteiger partial charge in [-0.25, -0.2) is 0 Å². The van der Waals surface area contributed by atoms with Gasteiger partial charge in [0.15, 0.2) is 0 Å². The molecule has 12 rings (SSSR count). The first-order chi connectivity index (χ1) is 28.1. The zero-order chi connectivity index (χ0) is 37.8. The van der Waals surface area contributed by atoms with Crippen LogP contribution in [0.25, 0.3) is 21.2 Å². The molecule has 6 aromatic rings. The fraction of sp³-hybridized carbons (Fsp3) is 0.283. The Kier molecular flexibility index (Phi) is 7.66. The second kappa shape index (κ2) is 12.9. The molecule has 2 saturated carbocycles. The number of nitrogens with zero attached hydrogens (tertiary/aromatic N) is 2. The summed E-state index contributed by atoms with van der Waals surface area (Å²) in [6.45, 7) is 4.96. The predicted molar refractivity (Wildman–Crippen MR) is 243 cm³/mol. The van der Waals surface area contributed by atoms with Crippen molar-refractivity contribution in [3.8, 4) is 11.1 Å². The van der Waals surface area contributed by atoms with Gasteiger partial charge in [0, 0.05) is 49.1 Å². The molecular weight excluding hydrogens is 707 g/mol.